The van der Waals surface area contributed by atoms with E-state index in [2.05, 4.69) is 9.88 Å². The third kappa shape index (κ3) is 5.26. The molecule has 1 fully saturated rings. The molecule has 4 aromatic rings. The summed E-state index contributed by atoms with van der Waals surface area (Å²) in [5.41, 5.74) is 1.02. The number of aromatic nitrogens is 2. The van der Waals surface area contributed by atoms with Gasteiger partial charge in [-0.1, -0.05) is 0 Å². The molecule has 0 aliphatic carbocycles. The summed E-state index contributed by atoms with van der Waals surface area (Å²) in [6.45, 7) is 2.54. The molecule has 0 spiro atoms. The van der Waals surface area contributed by atoms with Crippen LogP contribution in [0.15, 0.2) is 73.2 Å². The topological polar surface area (TPSA) is 151 Å². The van der Waals surface area contributed by atoms with Gasteiger partial charge in [-0.05, 0) is 42.5 Å². The van der Waals surface area contributed by atoms with Crippen LogP contribution in [-0.4, -0.2) is 57.4 Å². The third-order valence-electron chi connectivity index (χ3n) is 6.36. The first-order chi connectivity index (χ1) is 18.8. The standard InChI is InChI=1S/C27H21N5O7/c33-26(18-5-7-28-8-6-18)4-1-19-17-30(25-3-2-21(16-24(19)25)29-9-11-39-12-10-29)27(34)20-13-22(31(35)36)15-23(14-20)32(37)38/h1-8,13-17H,9-12H2/b4-1+. The Bertz CT molecular complexity index is 1610. The van der Waals surface area contributed by atoms with Crippen LogP contribution in [-0.2, 0) is 4.74 Å². The Morgan fingerprint density at radius 1 is 0.897 bits per heavy atom. The number of morpholine rings is 1. The number of ether oxygens (including phenoxy) is 1. The average molecular weight is 527 g/mol. The number of non-ortho nitro benzene ring substituents is 2. The molecule has 196 valence electrons. The number of carbonyl (C=O) groups excluding carboxylic acids is 2. The zero-order valence-corrected chi connectivity index (χ0v) is 20.4. The molecule has 0 amide bonds. The van der Waals surface area contributed by atoms with E-state index >= 15 is 0 Å². The number of carbonyl (C=O) groups is 2. The number of anilines is 1. The number of allylic oxidation sites excluding steroid dienone is 1. The highest BCUT2D eigenvalue weighted by molar-refractivity contribution is 6.09. The molecule has 12 heteroatoms. The number of rotatable bonds is 7. The lowest BCUT2D eigenvalue weighted by atomic mass is 10.1. The SMILES string of the molecule is O=C(/C=C/c1cn(C(=O)c2cc([N+](=O)[O-])cc([N+](=O)[O-])c2)c2ccc(N3CCOCC3)cc12)c1ccncc1. The van der Waals surface area contributed by atoms with Gasteiger partial charge in [0.15, 0.2) is 5.78 Å². The molecule has 0 radical (unpaired) electrons. The van der Waals surface area contributed by atoms with Crippen LogP contribution in [0, 0.1) is 20.2 Å². The smallest absolute Gasteiger partial charge is 0.277 e. The Labute approximate surface area is 221 Å². The first-order valence-electron chi connectivity index (χ1n) is 11.9. The predicted octanol–water partition coefficient (Wildman–Crippen LogP) is 4.27. The van der Waals surface area contributed by atoms with Crippen molar-refractivity contribution in [1.82, 2.24) is 9.55 Å². The molecular formula is C27H21N5O7. The minimum absolute atomic E-state index is 0.214. The molecule has 2 aromatic carbocycles. The summed E-state index contributed by atoms with van der Waals surface area (Å²) in [6, 6.07) is 11.5. The van der Waals surface area contributed by atoms with E-state index in [9.17, 15) is 29.8 Å². The molecule has 1 aliphatic rings. The Morgan fingerprint density at radius 3 is 2.21 bits per heavy atom. The number of nitro benzene ring substituents is 2. The highest BCUT2D eigenvalue weighted by Crippen LogP contribution is 2.30. The van der Waals surface area contributed by atoms with Crippen molar-refractivity contribution >= 4 is 45.7 Å². The molecule has 0 saturated carbocycles. The fourth-order valence-corrected chi connectivity index (χ4v) is 4.41. The first-order valence-corrected chi connectivity index (χ1v) is 11.9. The number of hydrogen-bond donors (Lipinski definition) is 0. The Morgan fingerprint density at radius 2 is 1.56 bits per heavy atom. The molecule has 12 nitrogen and oxygen atoms in total. The molecular weight excluding hydrogens is 506 g/mol. The van der Waals surface area contributed by atoms with Crippen LogP contribution in [0.1, 0.15) is 26.3 Å². The van der Waals surface area contributed by atoms with Crippen molar-refractivity contribution in [3.63, 3.8) is 0 Å². The second-order valence-electron chi connectivity index (χ2n) is 8.75. The maximum absolute atomic E-state index is 13.6. The Kier molecular flexibility index (Phi) is 6.93. The summed E-state index contributed by atoms with van der Waals surface area (Å²) in [5.74, 6) is -0.950. The molecule has 2 aromatic heterocycles. The average Bonchev–Trinajstić information content (AvgIpc) is 3.33. The van der Waals surface area contributed by atoms with Gasteiger partial charge < -0.3 is 9.64 Å². The van der Waals surface area contributed by atoms with Crippen molar-refractivity contribution in [1.29, 1.82) is 0 Å². The van der Waals surface area contributed by atoms with Gasteiger partial charge in [0, 0.05) is 66.0 Å². The second-order valence-corrected chi connectivity index (χ2v) is 8.75. The molecule has 1 saturated heterocycles. The molecule has 3 heterocycles. The van der Waals surface area contributed by atoms with E-state index < -0.39 is 27.1 Å². The van der Waals surface area contributed by atoms with Gasteiger partial charge in [0.25, 0.3) is 17.3 Å². The van der Waals surface area contributed by atoms with Crippen LogP contribution in [0.2, 0.25) is 0 Å². The van der Waals surface area contributed by atoms with Crippen LogP contribution in [0.5, 0.6) is 0 Å². The maximum Gasteiger partial charge on any atom is 0.277 e. The highest BCUT2D eigenvalue weighted by atomic mass is 16.6. The summed E-state index contributed by atoms with van der Waals surface area (Å²) in [7, 11) is 0. The predicted molar refractivity (Wildman–Crippen MR) is 142 cm³/mol. The third-order valence-corrected chi connectivity index (χ3v) is 6.36. The number of nitrogens with zero attached hydrogens (tertiary/aromatic N) is 5. The quantitative estimate of drug-likeness (QED) is 0.148. The van der Waals surface area contributed by atoms with Gasteiger partial charge in [-0.25, -0.2) is 0 Å². The zero-order chi connectivity index (χ0) is 27.5. The van der Waals surface area contributed by atoms with Crippen molar-refractivity contribution in [3.8, 4) is 0 Å². The fraction of sp³-hybridized carbons (Fsp3) is 0.148. The summed E-state index contributed by atoms with van der Waals surface area (Å²) in [4.78, 5) is 53.5. The van der Waals surface area contributed by atoms with Crippen LogP contribution in [0.4, 0.5) is 17.1 Å². The molecule has 0 bridgehead atoms. The molecule has 1 aliphatic heterocycles. The van der Waals surface area contributed by atoms with Gasteiger partial charge in [0.05, 0.1) is 40.2 Å². The number of nitro groups is 2. The van der Waals surface area contributed by atoms with Crippen molar-refractivity contribution < 1.29 is 24.2 Å². The first kappa shape index (κ1) is 25.4. The Balaban J connectivity index is 1.61. The number of ketones is 1. The van der Waals surface area contributed by atoms with Gasteiger partial charge >= 0.3 is 0 Å². The molecule has 0 atom stereocenters. The van der Waals surface area contributed by atoms with Crippen LogP contribution in [0.25, 0.3) is 17.0 Å². The minimum Gasteiger partial charge on any atom is -0.378 e. The molecule has 0 N–H and O–H groups in total. The van der Waals surface area contributed by atoms with Crippen molar-refractivity contribution in [2.75, 3.05) is 31.2 Å². The lowest BCUT2D eigenvalue weighted by molar-refractivity contribution is -0.394. The van der Waals surface area contributed by atoms with Crippen molar-refractivity contribution in [3.05, 3.63) is 110 Å². The van der Waals surface area contributed by atoms with E-state index in [0.717, 1.165) is 23.9 Å². The molecule has 0 unspecified atom stereocenters. The van der Waals surface area contributed by atoms with Crippen LogP contribution < -0.4 is 4.90 Å². The molecule has 39 heavy (non-hydrogen) atoms. The van der Waals surface area contributed by atoms with Crippen molar-refractivity contribution in [2.45, 2.75) is 0 Å². The maximum atomic E-state index is 13.6. The van der Waals surface area contributed by atoms with Gasteiger partial charge in [0.1, 0.15) is 0 Å². The zero-order valence-electron chi connectivity index (χ0n) is 20.4. The number of pyridine rings is 1. The second kappa shape index (κ2) is 10.6. The van der Waals surface area contributed by atoms with E-state index in [1.54, 1.807) is 24.3 Å². The van der Waals surface area contributed by atoms with Gasteiger partial charge in [-0.15, -0.1) is 0 Å². The number of benzene rings is 2. The lowest BCUT2D eigenvalue weighted by Gasteiger charge is -2.29. The van der Waals surface area contributed by atoms with E-state index in [1.807, 2.05) is 12.1 Å². The normalized spacial score (nSPS) is 13.6. The summed E-state index contributed by atoms with van der Waals surface area (Å²) >= 11 is 0. The van der Waals surface area contributed by atoms with Gasteiger partial charge in [0.2, 0.25) is 0 Å². The van der Waals surface area contributed by atoms with Crippen LogP contribution in [0.3, 0.4) is 0 Å². The van der Waals surface area contributed by atoms with E-state index in [-0.39, 0.29) is 11.3 Å². The van der Waals surface area contributed by atoms with Crippen LogP contribution >= 0.6 is 0 Å². The number of hydrogen-bond acceptors (Lipinski definition) is 9. The van der Waals surface area contributed by atoms with E-state index in [0.29, 0.717) is 48.3 Å². The fourth-order valence-electron chi connectivity index (χ4n) is 4.41. The number of fused-ring (bicyclic) bond motifs is 1. The highest BCUT2D eigenvalue weighted by Gasteiger charge is 2.23. The Hall–Kier alpha value is -5.23. The summed E-state index contributed by atoms with van der Waals surface area (Å²) < 4.78 is 6.71. The van der Waals surface area contributed by atoms with Gasteiger partial charge in [-0.2, -0.15) is 0 Å². The molecule has 5 rings (SSSR count). The summed E-state index contributed by atoms with van der Waals surface area (Å²) in [5, 5.41) is 23.4. The monoisotopic (exact) mass is 527 g/mol. The van der Waals surface area contributed by atoms with Crippen molar-refractivity contribution in [2.24, 2.45) is 0 Å². The summed E-state index contributed by atoms with van der Waals surface area (Å²) in [6.07, 6.45) is 7.51. The van der Waals surface area contributed by atoms with E-state index in [4.69, 9.17) is 4.74 Å². The lowest BCUT2D eigenvalue weighted by Crippen LogP contribution is -2.36. The largest absolute Gasteiger partial charge is 0.378 e. The minimum atomic E-state index is -0.787. The van der Waals surface area contributed by atoms with E-state index in [1.165, 1.54) is 29.2 Å². The van der Waals surface area contributed by atoms with Gasteiger partial charge in [-0.3, -0.25) is 39.4 Å².